The molecular weight excluding hydrogens is 562 g/mol. The fourth-order valence-corrected chi connectivity index (χ4v) is 4.24. The third-order valence-corrected chi connectivity index (χ3v) is 6.02. The normalized spacial score (nSPS) is 14.3. The van der Waals surface area contributed by atoms with Crippen LogP contribution in [-0.2, 0) is 16.1 Å². The molecule has 0 spiro atoms. The molecule has 0 atom stereocenters. The predicted molar refractivity (Wildman–Crippen MR) is 131 cm³/mol. The van der Waals surface area contributed by atoms with Gasteiger partial charge in [-0.15, -0.1) is 0 Å². The summed E-state index contributed by atoms with van der Waals surface area (Å²) in [5.41, 5.74) is 2.46. The molecule has 0 bridgehead atoms. The molecular formula is C24H16Br2ClNO4. The average Bonchev–Trinajstić information content (AvgIpc) is 3.13. The summed E-state index contributed by atoms with van der Waals surface area (Å²) in [6, 6.07) is 18.6. The van der Waals surface area contributed by atoms with Crippen LogP contribution in [0.15, 0.2) is 80.3 Å². The van der Waals surface area contributed by atoms with Crippen molar-refractivity contribution >= 4 is 61.4 Å². The van der Waals surface area contributed by atoms with E-state index in [1.165, 1.54) is 7.11 Å². The maximum atomic E-state index is 12.4. The van der Waals surface area contributed by atoms with E-state index in [2.05, 4.69) is 36.9 Å². The Labute approximate surface area is 206 Å². The third kappa shape index (κ3) is 5.06. The number of benzene rings is 3. The number of hydrogen-bond donors (Lipinski definition) is 0. The van der Waals surface area contributed by atoms with Crippen molar-refractivity contribution < 1.29 is 19.0 Å². The first-order valence-electron chi connectivity index (χ1n) is 9.47. The topological polar surface area (TPSA) is 57.1 Å². The molecule has 0 aromatic heterocycles. The fraction of sp³-hybridized carbons (Fsp3) is 0.0833. The van der Waals surface area contributed by atoms with Crippen molar-refractivity contribution in [3.8, 4) is 11.5 Å². The molecule has 1 heterocycles. The van der Waals surface area contributed by atoms with Gasteiger partial charge in [0.2, 0.25) is 5.90 Å². The summed E-state index contributed by atoms with van der Waals surface area (Å²) in [7, 11) is 1.53. The highest BCUT2D eigenvalue weighted by molar-refractivity contribution is 9.10. The molecule has 4 rings (SSSR count). The SMILES string of the molecule is COc1cc(/C=C2\N=C(c3ccccc3Br)OC2=O)cc(Cl)c1OCc1cccc(Br)c1. The van der Waals surface area contributed by atoms with E-state index in [-0.39, 0.29) is 11.6 Å². The first-order chi connectivity index (χ1) is 15.4. The quantitative estimate of drug-likeness (QED) is 0.239. The fourth-order valence-electron chi connectivity index (χ4n) is 3.06. The smallest absolute Gasteiger partial charge is 0.363 e. The molecule has 32 heavy (non-hydrogen) atoms. The highest BCUT2D eigenvalue weighted by Gasteiger charge is 2.25. The molecule has 0 fully saturated rings. The minimum atomic E-state index is -0.541. The van der Waals surface area contributed by atoms with E-state index in [1.54, 1.807) is 18.2 Å². The van der Waals surface area contributed by atoms with Gasteiger partial charge in [0.15, 0.2) is 17.2 Å². The zero-order chi connectivity index (χ0) is 22.7. The average molecular weight is 578 g/mol. The highest BCUT2D eigenvalue weighted by atomic mass is 79.9. The molecule has 0 radical (unpaired) electrons. The summed E-state index contributed by atoms with van der Waals surface area (Å²) >= 11 is 13.4. The van der Waals surface area contributed by atoms with E-state index >= 15 is 0 Å². The molecule has 0 amide bonds. The van der Waals surface area contributed by atoms with E-state index in [9.17, 15) is 4.79 Å². The van der Waals surface area contributed by atoms with Crippen molar-refractivity contribution in [2.24, 2.45) is 4.99 Å². The number of hydrogen-bond acceptors (Lipinski definition) is 5. The van der Waals surface area contributed by atoms with Gasteiger partial charge in [0.25, 0.3) is 0 Å². The van der Waals surface area contributed by atoms with Crippen LogP contribution in [-0.4, -0.2) is 19.0 Å². The molecule has 0 unspecified atom stereocenters. The van der Waals surface area contributed by atoms with Crippen LogP contribution in [0.25, 0.3) is 6.08 Å². The predicted octanol–water partition coefficient (Wildman–Crippen LogP) is 6.80. The molecule has 0 saturated carbocycles. The molecule has 3 aromatic rings. The zero-order valence-electron chi connectivity index (χ0n) is 16.8. The monoisotopic (exact) mass is 575 g/mol. The number of cyclic esters (lactones) is 1. The summed E-state index contributed by atoms with van der Waals surface area (Å²) in [5, 5.41) is 0.354. The van der Waals surface area contributed by atoms with Crippen molar-refractivity contribution in [3.63, 3.8) is 0 Å². The second kappa shape index (κ2) is 9.90. The molecule has 1 aliphatic rings. The van der Waals surface area contributed by atoms with Gasteiger partial charge >= 0.3 is 5.97 Å². The highest BCUT2D eigenvalue weighted by Crippen LogP contribution is 2.38. The number of carbonyl (C=O) groups is 1. The zero-order valence-corrected chi connectivity index (χ0v) is 20.7. The van der Waals surface area contributed by atoms with Crippen molar-refractivity contribution in [1.82, 2.24) is 0 Å². The summed E-state index contributed by atoms with van der Waals surface area (Å²) in [4.78, 5) is 16.7. The van der Waals surface area contributed by atoms with E-state index in [0.29, 0.717) is 34.3 Å². The van der Waals surface area contributed by atoms with Gasteiger partial charge in [0.1, 0.15) is 6.61 Å². The van der Waals surface area contributed by atoms with Crippen molar-refractivity contribution in [1.29, 1.82) is 0 Å². The third-order valence-electron chi connectivity index (χ3n) is 4.55. The largest absolute Gasteiger partial charge is 0.493 e. The Kier molecular flexibility index (Phi) is 6.98. The molecule has 8 heteroatoms. The standard InChI is InChI=1S/C24H16Br2ClNO4/c1-30-21-12-15(10-19(27)22(21)31-13-14-5-4-6-16(25)9-14)11-20-24(29)32-23(28-20)17-7-2-3-8-18(17)26/h2-12H,13H2,1H3/b20-11-. The van der Waals surface area contributed by atoms with Gasteiger partial charge in [0.05, 0.1) is 17.7 Å². The molecule has 0 aliphatic carbocycles. The Balaban J connectivity index is 1.60. The maximum absolute atomic E-state index is 12.4. The van der Waals surface area contributed by atoms with Gasteiger partial charge in [-0.25, -0.2) is 9.79 Å². The summed E-state index contributed by atoms with van der Waals surface area (Å²) in [6.07, 6.45) is 1.60. The molecule has 1 aliphatic heterocycles. The van der Waals surface area contributed by atoms with Crippen LogP contribution >= 0.6 is 43.5 Å². The number of esters is 1. The van der Waals surface area contributed by atoms with Gasteiger partial charge in [0, 0.05) is 8.95 Å². The van der Waals surface area contributed by atoms with Crippen LogP contribution in [0.2, 0.25) is 5.02 Å². The van der Waals surface area contributed by atoms with Gasteiger partial charge in [-0.3, -0.25) is 0 Å². The van der Waals surface area contributed by atoms with Gasteiger partial charge in [-0.05, 0) is 69.5 Å². The Morgan fingerprint density at radius 2 is 1.91 bits per heavy atom. The van der Waals surface area contributed by atoms with Crippen molar-refractivity contribution in [3.05, 3.63) is 97.0 Å². The van der Waals surface area contributed by atoms with Gasteiger partial charge in [-0.1, -0.05) is 51.8 Å². The minimum Gasteiger partial charge on any atom is -0.493 e. The number of methoxy groups -OCH3 is 1. The second-order valence-electron chi connectivity index (χ2n) is 6.77. The number of carbonyl (C=O) groups excluding carboxylic acids is 1. The van der Waals surface area contributed by atoms with E-state index in [4.69, 9.17) is 25.8 Å². The maximum Gasteiger partial charge on any atom is 0.363 e. The van der Waals surface area contributed by atoms with E-state index in [1.807, 2.05) is 48.5 Å². The molecule has 5 nitrogen and oxygen atoms in total. The van der Waals surface area contributed by atoms with Gasteiger partial charge < -0.3 is 14.2 Å². The van der Waals surface area contributed by atoms with Crippen LogP contribution in [0.4, 0.5) is 0 Å². The Hall–Kier alpha value is -2.61. The van der Waals surface area contributed by atoms with Crippen molar-refractivity contribution in [2.45, 2.75) is 6.61 Å². The first kappa shape index (κ1) is 22.6. The number of nitrogens with zero attached hydrogens (tertiary/aromatic N) is 1. The van der Waals surface area contributed by atoms with Crippen LogP contribution in [0.5, 0.6) is 11.5 Å². The molecule has 3 aromatic carbocycles. The lowest BCUT2D eigenvalue weighted by molar-refractivity contribution is -0.129. The number of halogens is 3. The molecule has 162 valence electrons. The minimum absolute atomic E-state index is 0.164. The lowest BCUT2D eigenvalue weighted by Crippen LogP contribution is -2.05. The van der Waals surface area contributed by atoms with Crippen LogP contribution in [0.1, 0.15) is 16.7 Å². The van der Waals surface area contributed by atoms with Crippen LogP contribution < -0.4 is 9.47 Å². The Morgan fingerprint density at radius 1 is 1.09 bits per heavy atom. The first-order valence-corrected chi connectivity index (χ1v) is 11.4. The Morgan fingerprint density at radius 3 is 2.66 bits per heavy atom. The number of ether oxygens (including phenoxy) is 3. The van der Waals surface area contributed by atoms with E-state index < -0.39 is 5.97 Å². The number of aliphatic imine (C=N–C) groups is 1. The Bertz CT molecular complexity index is 1260. The summed E-state index contributed by atoms with van der Waals surface area (Å²) < 4.78 is 18.5. The lowest BCUT2D eigenvalue weighted by atomic mass is 10.1. The second-order valence-corrected chi connectivity index (χ2v) is 8.95. The lowest BCUT2D eigenvalue weighted by Gasteiger charge is -2.13. The molecule has 0 saturated heterocycles. The summed E-state index contributed by atoms with van der Waals surface area (Å²) in [5.74, 6) is 0.560. The molecule has 0 N–H and O–H groups in total. The number of rotatable bonds is 6. The van der Waals surface area contributed by atoms with Crippen LogP contribution in [0.3, 0.4) is 0 Å². The summed E-state index contributed by atoms with van der Waals surface area (Å²) in [6.45, 7) is 0.321. The van der Waals surface area contributed by atoms with Crippen LogP contribution in [0, 0.1) is 0 Å². The van der Waals surface area contributed by atoms with Gasteiger partial charge in [-0.2, -0.15) is 0 Å². The van der Waals surface area contributed by atoms with Crippen molar-refractivity contribution in [2.75, 3.05) is 7.11 Å². The van der Waals surface area contributed by atoms with E-state index in [0.717, 1.165) is 14.5 Å².